The van der Waals surface area contributed by atoms with Crippen molar-refractivity contribution < 1.29 is 0 Å². The van der Waals surface area contributed by atoms with Gasteiger partial charge in [-0.2, -0.15) is 0 Å². The molecule has 0 fully saturated rings. The molecule has 1 unspecified atom stereocenters. The summed E-state index contributed by atoms with van der Waals surface area (Å²) in [5, 5.41) is 4.30. The van der Waals surface area contributed by atoms with Crippen molar-refractivity contribution in [1.82, 2.24) is 5.32 Å². The number of nitrogens with one attached hydrogen (secondary N) is 1. The highest BCUT2D eigenvalue weighted by Gasteiger charge is 2.12. The summed E-state index contributed by atoms with van der Waals surface area (Å²) >= 11 is 6.13. The first-order valence-electron chi connectivity index (χ1n) is 7.17. The highest BCUT2D eigenvalue weighted by atomic mass is 35.5. The van der Waals surface area contributed by atoms with E-state index in [4.69, 9.17) is 11.6 Å². The molecule has 0 spiro atoms. The number of nitrogens with zero attached hydrogens (tertiary/aromatic N) is 1. The fourth-order valence-corrected chi connectivity index (χ4v) is 2.24. The summed E-state index contributed by atoms with van der Waals surface area (Å²) in [6.45, 7) is 10.8. The lowest BCUT2D eigenvalue weighted by molar-refractivity contribution is 0.551. The van der Waals surface area contributed by atoms with E-state index in [2.05, 4.69) is 57.1 Å². The molecule has 0 aliphatic heterocycles. The first-order valence-corrected chi connectivity index (χ1v) is 7.55. The Hall–Kier alpha value is -0.730. The molecule has 1 rings (SSSR count). The maximum atomic E-state index is 6.13. The predicted molar refractivity (Wildman–Crippen MR) is 86.2 cm³/mol. The Bertz CT molecular complexity index is 390. The molecular weight excluding hydrogens is 256 g/mol. The monoisotopic (exact) mass is 282 g/mol. The molecule has 108 valence electrons. The van der Waals surface area contributed by atoms with Crippen LogP contribution in [0.1, 0.15) is 39.7 Å². The van der Waals surface area contributed by atoms with Gasteiger partial charge in [0.05, 0.1) is 0 Å². The fourth-order valence-electron chi connectivity index (χ4n) is 2.05. The minimum absolute atomic E-state index is 0.532. The van der Waals surface area contributed by atoms with Crippen LogP contribution in [0.5, 0.6) is 0 Å². The lowest BCUT2D eigenvalue weighted by Crippen LogP contribution is -2.30. The van der Waals surface area contributed by atoms with Crippen molar-refractivity contribution in [2.24, 2.45) is 5.92 Å². The summed E-state index contributed by atoms with van der Waals surface area (Å²) < 4.78 is 0. The summed E-state index contributed by atoms with van der Waals surface area (Å²) in [6, 6.07) is 6.70. The predicted octanol–water partition coefficient (Wildman–Crippen LogP) is 4.32. The second-order valence-electron chi connectivity index (χ2n) is 5.67. The molecule has 0 saturated carbocycles. The maximum Gasteiger partial charge on any atom is 0.0412 e. The molecule has 0 radical (unpaired) electrons. The summed E-state index contributed by atoms with van der Waals surface area (Å²) in [4.78, 5) is 2.34. The molecule has 0 amide bonds. The fraction of sp³-hybridized carbons (Fsp3) is 0.625. The molecule has 0 saturated heterocycles. The van der Waals surface area contributed by atoms with Crippen LogP contribution in [0.3, 0.4) is 0 Å². The molecule has 0 aliphatic carbocycles. The minimum Gasteiger partial charge on any atom is -0.372 e. The van der Waals surface area contributed by atoms with E-state index < -0.39 is 0 Å². The van der Waals surface area contributed by atoms with E-state index in [9.17, 15) is 0 Å². The van der Waals surface area contributed by atoms with E-state index in [1.54, 1.807) is 0 Å². The number of halogens is 1. The van der Waals surface area contributed by atoms with Crippen LogP contribution < -0.4 is 10.2 Å². The second kappa shape index (κ2) is 7.76. The lowest BCUT2D eigenvalue weighted by atomic mass is 10.1. The van der Waals surface area contributed by atoms with Crippen molar-refractivity contribution >= 4 is 17.3 Å². The number of rotatable bonds is 7. The first-order chi connectivity index (χ1) is 8.95. The zero-order valence-electron chi connectivity index (χ0n) is 12.8. The van der Waals surface area contributed by atoms with Crippen LogP contribution in [0.25, 0.3) is 0 Å². The zero-order valence-corrected chi connectivity index (χ0v) is 13.6. The minimum atomic E-state index is 0.532. The quantitative estimate of drug-likeness (QED) is 0.801. The van der Waals surface area contributed by atoms with Crippen molar-refractivity contribution in [3.8, 4) is 0 Å². The van der Waals surface area contributed by atoms with Gasteiger partial charge in [-0.3, -0.25) is 0 Å². The van der Waals surface area contributed by atoms with Crippen molar-refractivity contribution in [3.63, 3.8) is 0 Å². The lowest BCUT2D eigenvalue weighted by Gasteiger charge is -2.28. The van der Waals surface area contributed by atoms with E-state index in [1.807, 2.05) is 6.07 Å². The van der Waals surface area contributed by atoms with Crippen LogP contribution in [-0.2, 0) is 6.54 Å². The van der Waals surface area contributed by atoms with Gasteiger partial charge in [0.2, 0.25) is 0 Å². The van der Waals surface area contributed by atoms with Crippen molar-refractivity contribution in [2.45, 2.75) is 46.7 Å². The number of hydrogen-bond acceptors (Lipinski definition) is 2. The van der Waals surface area contributed by atoms with Gasteiger partial charge >= 0.3 is 0 Å². The van der Waals surface area contributed by atoms with Gasteiger partial charge in [0.25, 0.3) is 0 Å². The molecule has 3 heteroatoms. The Morgan fingerprint density at radius 1 is 1.26 bits per heavy atom. The van der Waals surface area contributed by atoms with Gasteiger partial charge in [-0.05, 0) is 49.6 Å². The summed E-state index contributed by atoms with van der Waals surface area (Å²) in [6.07, 6.45) is 1.14. The summed E-state index contributed by atoms with van der Waals surface area (Å²) in [5.41, 5.74) is 2.55. The van der Waals surface area contributed by atoms with Gasteiger partial charge < -0.3 is 10.2 Å². The molecule has 1 aromatic rings. The van der Waals surface area contributed by atoms with Crippen LogP contribution in [-0.4, -0.2) is 19.6 Å². The van der Waals surface area contributed by atoms with Crippen molar-refractivity contribution in [3.05, 3.63) is 28.8 Å². The number of anilines is 1. The van der Waals surface area contributed by atoms with Crippen LogP contribution in [0.4, 0.5) is 5.69 Å². The third-order valence-corrected chi connectivity index (χ3v) is 3.78. The van der Waals surface area contributed by atoms with Gasteiger partial charge in [-0.15, -0.1) is 0 Å². The molecule has 0 heterocycles. The Morgan fingerprint density at radius 2 is 1.95 bits per heavy atom. The largest absolute Gasteiger partial charge is 0.372 e. The van der Waals surface area contributed by atoms with Crippen LogP contribution in [0, 0.1) is 5.92 Å². The molecular formula is C16H27ClN2. The average Bonchev–Trinajstić information content (AvgIpc) is 2.37. The normalized spacial score (nSPS) is 12.8. The zero-order chi connectivity index (χ0) is 14.4. The van der Waals surface area contributed by atoms with Crippen LogP contribution in [0.15, 0.2) is 18.2 Å². The smallest absolute Gasteiger partial charge is 0.0412 e. The Balaban J connectivity index is 2.85. The third kappa shape index (κ3) is 5.04. The second-order valence-corrected chi connectivity index (χ2v) is 6.10. The topological polar surface area (TPSA) is 15.3 Å². The van der Waals surface area contributed by atoms with Gasteiger partial charge in [0.1, 0.15) is 0 Å². The molecule has 2 nitrogen and oxygen atoms in total. The maximum absolute atomic E-state index is 6.13. The van der Waals surface area contributed by atoms with E-state index in [-0.39, 0.29) is 0 Å². The van der Waals surface area contributed by atoms with E-state index in [0.29, 0.717) is 12.0 Å². The Labute approximate surface area is 123 Å². The van der Waals surface area contributed by atoms with Gasteiger partial charge in [0.15, 0.2) is 0 Å². The van der Waals surface area contributed by atoms with E-state index >= 15 is 0 Å². The average molecular weight is 283 g/mol. The summed E-state index contributed by atoms with van der Waals surface area (Å²) in [7, 11) is 2.16. The van der Waals surface area contributed by atoms with Crippen LogP contribution in [0.2, 0.25) is 5.02 Å². The van der Waals surface area contributed by atoms with Crippen molar-refractivity contribution in [2.75, 3.05) is 18.5 Å². The van der Waals surface area contributed by atoms with Gasteiger partial charge in [-0.25, -0.2) is 0 Å². The Kier molecular flexibility index (Phi) is 6.67. The summed E-state index contributed by atoms with van der Waals surface area (Å²) in [5.74, 6) is 0.662. The number of hydrogen-bond donors (Lipinski definition) is 1. The SMILES string of the molecule is CCC(C)N(C)c1ccc(Cl)cc1CNCC(C)C. The molecule has 1 aromatic carbocycles. The van der Waals surface area contributed by atoms with Gasteiger partial charge in [0, 0.05) is 30.3 Å². The molecule has 0 aromatic heterocycles. The number of benzene rings is 1. The van der Waals surface area contributed by atoms with E-state index in [1.165, 1.54) is 11.3 Å². The third-order valence-electron chi connectivity index (χ3n) is 3.54. The molecule has 19 heavy (non-hydrogen) atoms. The highest BCUT2D eigenvalue weighted by molar-refractivity contribution is 6.30. The molecule has 0 bridgehead atoms. The Morgan fingerprint density at radius 3 is 2.53 bits per heavy atom. The van der Waals surface area contributed by atoms with Crippen molar-refractivity contribution in [1.29, 1.82) is 0 Å². The highest BCUT2D eigenvalue weighted by Crippen LogP contribution is 2.25. The molecule has 1 N–H and O–H groups in total. The van der Waals surface area contributed by atoms with E-state index in [0.717, 1.165) is 24.5 Å². The standard InChI is InChI=1S/C16H27ClN2/c1-6-13(4)19(5)16-8-7-15(17)9-14(16)11-18-10-12(2)3/h7-9,12-13,18H,6,10-11H2,1-5H3. The van der Waals surface area contributed by atoms with Crippen LogP contribution >= 0.6 is 11.6 Å². The first kappa shape index (κ1) is 16.3. The van der Waals surface area contributed by atoms with Gasteiger partial charge in [-0.1, -0.05) is 32.4 Å². The molecule has 0 aliphatic rings. The molecule has 1 atom stereocenters.